The molecule has 2 aromatic heterocycles. The largest absolute Gasteiger partial charge is 0.338 e. The van der Waals surface area contributed by atoms with Crippen molar-refractivity contribution in [3.8, 4) is 0 Å². The number of aromatic nitrogens is 3. The number of nitrogens with zero attached hydrogens (tertiary/aromatic N) is 3. The summed E-state index contributed by atoms with van der Waals surface area (Å²) in [6.07, 6.45) is 0. The van der Waals surface area contributed by atoms with E-state index in [2.05, 4.69) is 15.6 Å². The van der Waals surface area contributed by atoms with Gasteiger partial charge in [-0.15, -0.1) is 0 Å². The smallest absolute Gasteiger partial charge is 0.278 e. The predicted molar refractivity (Wildman–Crippen MR) is 88.0 cm³/mol. The van der Waals surface area contributed by atoms with Gasteiger partial charge in [-0.05, 0) is 25.5 Å². The lowest BCUT2D eigenvalue weighted by molar-refractivity contribution is 0.101. The zero-order valence-electron chi connectivity index (χ0n) is 13.3. The van der Waals surface area contributed by atoms with Gasteiger partial charge in [-0.1, -0.05) is 35.0 Å². The van der Waals surface area contributed by atoms with E-state index in [0.717, 1.165) is 11.1 Å². The van der Waals surface area contributed by atoms with Gasteiger partial charge >= 0.3 is 0 Å². The fraction of sp³-hybridized carbons (Fsp3) is 0.176. The summed E-state index contributed by atoms with van der Waals surface area (Å²) in [7, 11) is 0. The number of rotatable bonds is 4. The second kappa shape index (κ2) is 6.49. The van der Waals surface area contributed by atoms with Gasteiger partial charge in [0.1, 0.15) is 5.69 Å². The molecule has 0 saturated carbocycles. The lowest BCUT2D eigenvalue weighted by Gasteiger charge is -2.07. The molecule has 0 spiro atoms. The lowest BCUT2D eigenvalue weighted by Crippen LogP contribution is -2.26. The van der Waals surface area contributed by atoms with Crippen LogP contribution < -0.4 is 10.9 Å². The molecule has 7 nitrogen and oxygen atoms in total. The second-order valence-corrected chi connectivity index (χ2v) is 5.49. The van der Waals surface area contributed by atoms with Crippen LogP contribution in [0.5, 0.6) is 0 Å². The first-order valence-electron chi connectivity index (χ1n) is 7.39. The van der Waals surface area contributed by atoms with E-state index in [9.17, 15) is 9.59 Å². The van der Waals surface area contributed by atoms with Crippen LogP contribution in [0.2, 0.25) is 0 Å². The molecule has 0 aliphatic rings. The highest BCUT2D eigenvalue weighted by Gasteiger charge is 2.12. The van der Waals surface area contributed by atoms with Gasteiger partial charge in [0, 0.05) is 12.1 Å². The molecule has 3 rings (SSSR count). The first-order valence-corrected chi connectivity index (χ1v) is 7.39. The normalized spacial score (nSPS) is 10.6. The molecule has 0 atom stereocenters. The van der Waals surface area contributed by atoms with E-state index in [1.807, 2.05) is 31.2 Å². The minimum atomic E-state index is -0.469. The zero-order chi connectivity index (χ0) is 17.1. The molecule has 0 saturated heterocycles. The summed E-state index contributed by atoms with van der Waals surface area (Å²) in [4.78, 5) is 24.2. The number of benzene rings is 1. The Balaban J connectivity index is 1.81. The molecule has 1 amide bonds. The Morgan fingerprint density at radius 2 is 1.92 bits per heavy atom. The predicted octanol–water partition coefficient (Wildman–Crippen LogP) is 2.15. The Bertz CT molecular complexity index is 926. The highest BCUT2D eigenvalue weighted by Crippen LogP contribution is 2.09. The average Bonchev–Trinajstić information content (AvgIpc) is 2.96. The fourth-order valence-electron chi connectivity index (χ4n) is 2.15. The first-order chi connectivity index (χ1) is 11.5. The second-order valence-electron chi connectivity index (χ2n) is 5.49. The number of nitrogens with one attached hydrogen (secondary N) is 1. The van der Waals surface area contributed by atoms with Crippen LogP contribution in [0.3, 0.4) is 0 Å². The van der Waals surface area contributed by atoms with Crippen LogP contribution in [0.25, 0.3) is 0 Å². The van der Waals surface area contributed by atoms with Crippen LogP contribution in [-0.4, -0.2) is 20.8 Å². The number of carbonyl (C=O) groups is 1. The summed E-state index contributed by atoms with van der Waals surface area (Å²) in [5, 5.41) is 10.4. The number of hydrogen-bond acceptors (Lipinski definition) is 5. The van der Waals surface area contributed by atoms with Crippen molar-refractivity contribution >= 4 is 11.8 Å². The molecule has 0 aliphatic carbocycles. The standard InChI is InChI=1S/C17H16N4O3/c1-11-3-5-13(6-4-11)10-21-16(22)8-7-14(19-21)17(23)18-15-9-12(2)20-24-15/h3-9H,10H2,1-2H3,(H,18,23). The van der Waals surface area contributed by atoms with Crippen molar-refractivity contribution < 1.29 is 9.32 Å². The molecule has 0 aliphatic heterocycles. The zero-order valence-corrected chi connectivity index (χ0v) is 13.3. The average molecular weight is 324 g/mol. The van der Waals surface area contributed by atoms with Gasteiger partial charge in [0.2, 0.25) is 5.88 Å². The molecule has 0 unspecified atom stereocenters. The van der Waals surface area contributed by atoms with E-state index < -0.39 is 5.91 Å². The summed E-state index contributed by atoms with van der Waals surface area (Å²) in [5.74, 6) is -0.237. The summed E-state index contributed by atoms with van der Waals surface area (Å²) < 4.78 is 6.19. The molecule has 0 fully saturated rings. The monoisotopic (exact) mass is 324 g/mol. The molecule has 1 aromatic carbocycles. The minimum Gasteiger partial charge on any atom is -0.338 e. The quantitative estimate of drug-likeness (QED) is 0.794. The number of amides is 1. The van der Waals surface area contributed by atoms with E-state index >= 15 is 0 Å². The first kappa shape index (κ1) is 15.7. The van der Waals surface area contributed by atoms with Gasteiger partial charge in [-0.25, -0.2) is 4.68 Å². The Morgan fingerprint density at radius 1 is 1.17 bits per heavy atom. The highest BCUT2D eigenvalue weighted by molar-refractivity contribution is 6.01. The molecule has 0 bridgehead atoms. The number of hydrogen-bond donors (Lipinski definition) is 1. The van der Waals surface area contributed by atoms with Gasteiger partial charge < -0.3 is 4.52 Å². The van der Waals surface area contributed by atoms with Crippen molar-refractivity contribution in [1.29, 1.82) is 0 Å². The van der Waals surface area contributed by atoms with Gasteiger partial charge in [-0.2, -0.15) is 5.10 Å². The van der Waals surface area contributed by atoms with Crippen LogP contribution in [0.15, 0.2) is 51.8 Å². The molecule has 122 valence electrons. The van der Waals surface area contributed by atoms with Crippen LogP contribution in [0, 0.1) is 13.8 Å². The maximum atomic E-state index is 12.2. The van der Waals surface area contributed by atoms with Gasteiger partial charge in [0.25, 0.3) is 11.5 Å². The Morgan fingerprint density at radius 3 is 2.58 bits per heavy atom. The third-order valence-electron chi connectivity index (χ3n) is 3.42. The SMILES string of the molecule is Cc1ccc(Cn2nc(C(=O)Nc3cc(C)no3)ccc2=O)cc1. The van der Waals surface area contributed by atoms with Crippen molar-refractivity contribution in [2.45, 2.75) is 20.4 Å². The topological polar surface area (TPSA) is 90.0 Å². The number of anilines is 1. The molecule has 0 radical (unpaired) electrons. The van der Waals surface area contributed by atoms with Crippen LogP contribution in [0.1, 0.15) is 27.3 Å². The molecule has 3 aromatic rings. The van der Waals surface area contributed by atoms with Gasteiger partial charge in [-0.3, -0.25) is 14.9 Å². The molecule has 7 heteroatoms. The Hall–Kier alpha value is -3.22. The maximum Gasteiger partial charge on any atom is 0.278 e. The van der Waals surface area contributed by atoms with E-state index in [1.165, 1.54) is 16.8 Å². The van der Waals surface area contributed by atoms with Crippen molar-refractivity contribution in [1.82, 2.24) is 14.9 Å². The molecular formula is C17H16N4O3. The molecule has 1 N–H and O–H groups in total. The lowest BCUT2D eigenvalue weighted by atomic mass is 10.1. The van der Waals surface area contributed by atoms with E-state index in [4.69, 9.17) is 4.52 Å². The summed E-state index contributed by atoms with van der Waals surface area (Å²) in [5.41, 5.74) is 2.56. The molecule has 2 heterocycles. The molecule has 24 heavy (non-hydrogen) atoms. The van der Waals surface area contributed by atoms with Crippen molar-refractivity contribution in [2.75, 3.05) is 5.32 Å². The summed E-state index contributed by atoms with van der Waals surface area (Å²) in [6, 6.07) is 12.1. The van der Waals surface area contributed by atoms with Crippen LogP contribution in [-0.2, 0) is 6.54 Å². The van der Waals surface area contributed by atoms with Crippen LogP contribution >= 0.6 is 0 Å². The van der Waals surface area contributed by atoms with Gasteiger partial charge in [0.05, 0.1) is 12.2 Å². The van der Waals surface area contributed by atoms with Crippen molar-refractivity contribution in [3.05, 3.63) is 75.3 Å². The third kappa shape index (κ3) is 3.57. The highest BCUT2D eigenvalue weighted by atomic mass is 16.5. The van der Waals surface area contributed by atoms with E-state index in [-0.39, 0.29) is 17.1 Å². The van der Waals surface area contributed by atoms with Crippen molar-refractivity contribution in [2.24, 2.45) is 0 Å². The summed E-state index contributed by atoms with van der Waals surface area (Å²) in [6.45, 7) is 4.03. The van der Waals surface area contributed by atoms with Gasteiger partial charge in [0.15, 0.2) is 0 Å². The molecular weight excluding hydrogens is 308 g/mol. The Kier molecular flexibility index (Phi) is 4.24. The van der Waals surface area contributed by atoms with Crippen LogP contribution in [0.4, 0.5) is 5.88 Å². The van der Waals surface area contributed by atoms with E-state index in [0.29, 0.717) is 12.2 Å². The maximum absolute atomic E-state index is 12.2. The van der Waals surface area contributed by atoms with E-state index in [1.54, 1.807) is 13.0 Å². The Labute approximate surface area is 137 Å². The summed E-state index contributed by atoms with van der Waals surface area (Å²) >= 11 is 0. The number of carbonyl (C=O) groups excluding carboxylic acids is 1. The fourth-order valence-corrected chi connectivity index (χ4v) is 2.15. The van der Waals surface area contributed by atoms with Crippen molar-refractivity contribution in [3.63, 3.8) is 0 Å². The number of aryl methyl sites for hydroxylation is 2. The minimum absolute atomic E-state index is 0.121. The third-order valence-corrected chi connectivity index (χ3v) is 3.42.